The summed E-state index contributed by atoms with van der Waals surface area (Å²) >= 11 is 0. The smallest absolute Gasteiger partial charge is 0.409 e. The van der Waals surface area contributed by atoms with Crippen LogP contribution in [0, 0.1) is 6.92 Å². The van der Waals surface area contributed by atoms with Gasteiger partial charge in [-0.25, -0.2) is 14.8 Å². The van der Waals surface area contributed by atoms with E-state index in [1.54, 1.807) is 4.90 Å². The lowest BCUT2D eigenvalue weighted by Crippen LogP contribution is -2.50. The molecule has 10 nitrogen and oxygen atoms in total. The van der Waals surface area contributed by atoms with Gasteiger partial charge in [0.05, 0.1) is 6.61 Å². The molecular formula is C21H36N8O2. The Bertz CT molecular complexity index is 897. The predicted molar refractivity (Wildman–Crippen MR) is 122 cm³/mol. The molecule has 0 spiro atoms. The third-order valence-electron chi connectivity index (χ3n) is 5.23. The summed E-state index contributed by atoms with van der Waals surface area (Å²) in [4.78, 5) is 28.0. The SMILES string of the molecule is CCCCNc1nc(NN2CCN(C(=O)OCC)CC2)nc2c1nc(C)n2C(C)(C)C. The Morgan fingerprint density at radius 1 is 1.10 bits per heavy atom. The molecule has 1 amide bonds. The minimum atomic E-state index is -0.258. The highest BCUT2D eigenvalue weighted by Gasteiger charge is 2.25. The van der Waals surface area contributed by atoms with Crippen molar-refractivity contribution in [2.24, 2.45) is 0 Å². The highest BCUT2D eigenvalue weighted by Crippen LogP contribution is 2.28. The molecule has 0 unspecified atom stereocenters. The van der Waals surface area contributed by atoms with Crippen LogP contribution < -0.4 is 10.7 Å². The maximum absolute atomic E-state index is 11.9. The van der Waals surface area contributed by atoms with Crippen LogP contribution in [0.3, 0.4) is 0 Å². The quantitative estimate of drug-likeness (QED) is 0.644. The summed E-state index contributed by atoms with van der Waals surface area (Å²) in [6, 6.07) is 0. The first-order valence-electron chi connectivity index (χ1n) is 11.2. The second-order valence-electron chi connectivity index (χ2n) is 8.80. The van der Waals surface area contributed by atoms with E-state index in [-0.39, 0.29) is 11.6 Å². The molecule has 2 aromatic rings. The highest BCUT2D eigenvalue weighted by molar-refractivity contribution is 5.85. The fourth-order valence-electron chi connectivity index (χ4n) is 3.78. The fraction of sp³-hybridized carbons (Fsp3) is 0.714. The van der Waals surface area contributed by atoms with Crippen LogP contribution >= 0.6 is 0 Å². The Morgan fingerprint density at radius 2 is 1.81 bits per heavy atom. The summed E-state index contributed by atoms with van der Waals surface area (Å²) in [6.07, 6.45) is 1.90. The number of amides is 1. The lowest BCUT2D eigenvalue weighted by Gasteiger charge is -2.34. The van der Waals surface area contributed by atoms with Crippen molar-refractivity contribution in [2.75, 3.05) is 50.1 Å². The molecule has 2 N–H and O–H groups in total. The number of fused-ring (bicyclic) bond motifs is 1. The largest absolute Gasteiger partial charge is 0.450 e. The standard InChI is InChI=1S/C21H36N8O2/c1-7-9-10-22-17-16-18(29(15(3)23-16)21(4,5)6)25-19(24-17)26-28-13-11-27(12-14-28)20(30)31-8-2/h7-14H2,1-6H3,(H2,22,24,25,26). The Balaban J connectivity index is 1.84. The first-order chi connectivity index (χ1) is 14.7. The maximum Gasteiger partial charge on any atom is 0.409 e. The number of hydrazine groups is 1. The zero-order valence-corrected chi connectivity index (χ0v) is 19.7. The van der Waals surface area contributed by atoms with Crippen molar-refractivity contribution in [2.45, 2.75) is 59.9 Å². The molecule has 0 bridgehead atoms. The van der Waals surface area contributed by atoms with E-state index in [2.05, 4.69) is 43.0 Å². The van der Waals surface area contributed by atoms with Gasteiger partial charge in [-0.15, -0.1) is 0 Å². The molecule has 0 aromatic carbocycles. The molecule has 3 heterocycles. The number of hydrogen-bond donors (Lipinski definition) is 2. The Kier molecular flexibility index (Phi) is 7.19. The van der Waals surface area contributed by atoms with E-state index in [4.69, 9.17) is 19.7 Å². The number of nitrogens with one attached hydrogen (secondary N) is 2. The Morgan fingerprint density at radius 3 is 2.42 bits per heavy atom. The van der Waals surface area contributed by atoms with Crippen LogP contribution in [-0.2, 0) is 10.3 Å². The van der Waals surface area contributed by atoms with Gasteiger partial charge in [-0.3, -0.25) is 5.43 Å². The van der Waals surface area contributed by atoms with Gasteiger partial charge in [0, 0.05) is 38.3 Å². The van der Waals surface area contributed by atoms with Gasteiger partial charge in [-0.2, -0.15) is 9.97 Å². The van der Waals surface area contributed by atoms with Crippen molar-refractivity contribution in [1.82, 2.24) is 29.4 Å². The molecule has 172 valence electrons. The summed E-state index contributed by atoms with van der Waals surface area (Å²) in [6.45, 7) is 16.2. The minimum Gasteiger partial charge on any atom is -0.450 e. The molecule has 0 atom stereocenters. The van der Waals surface area contributed by atoms with Crippen LogP contribution in [0.2, 0.25) is 0 Å². The van der Waals surface area contributed by atoms with Gasteiger partial charge in [-0.05, 0) is 41.0 Å². The molecule has 1 saturated heterocycles. The number of unbranched alkanes of at least 4 members (excludes halogenated alkanes) is 1. The van der Waals surface area contributed by atoms with Gasteiger partial charge in [-0.1, -0.05) is 13.3 Å². The van der Waals surface area contributed by atoms with Crippen molar-refractivity contribution in [3.05, 3.63) is 5.82 Å². The highest BCUT2D eigenvalue weighted by atomic mass is 16.6. The number of hydrogen-bond acceptors (Lipinski definition) is 8. The van der Waals surface area contributed by atoms with Gasteiger partial charge >= 0.3 is 6.09 Å². The first-order valence-corrected chi connectivity index (χ1v) is 11.2. The lowest BCUT2D eigenvalue weighted by atomic mass is 10.1. The molecule has 0 radical (unpaired) electrons. The number of imidazole rings is 1. The third-order valence-corrected chi connectivity index (χ3v) is 5.23. The summed E-state index contributed by atoms with van der Waals surface area (Å²) in [5.41, 5.74) is 4.78. The van der Waals surface area contributed by atoms with E-state index in [9.17, 15) is 4.79 Å². The molecule has 0 saturated carbocycles. The van der Waals surface area contributed by atoms with Crippen molar-refractivity contribution >= 4 is 29.0 Å². The fourth-order valence-corrected chi connectivity index (χ4v) is 3.78. The molecule has 2 aromatic heterocycles. The lowest BCUT2D eigenvalue weighted by molar-refractivity contribution is 0.0851. The maximum atomic E-state index is 11.9. The Labute approximate surface area is 184 Å². The number of aryl methyl sites for hydroxylation is 1. The number of nitrogens with zero attached hydrogens (tertiary/aromatic N) is 6. The van der Waals surface area contributed by atoms with Crippen molar-refractivity contribution in [3.8, 4) is 0 Å². The molecular weight excluding hydrogens is 396 g/mol. The van der Waals surface area contributed by atoms with Gasteiger partial charge in [0.1, 0.15) is 5.82 Å². The number of carbonyl (C=O) groups excluding carboxylic acids is 1. The molecule has 1 aliphatic heterocycles. The molecule has 1 fully saturated rings. The normalized spacial score (nSPS) is 15.4. The predicted octanol–water partition coefficient (Wildman–Crippen LogP) is 3.20. The molecule has 31 heavy (non-hydrogen) atoms. The molecule has 0 aliphatic carbocycles. The van der Waals surface area contributed by atoms with Crippen LogP contribution in [0.4, 0.5) is 16.6 Å². The summed E-state index contributed by atoms with van der Waals surface area (Å²) < 4.78 is 7.25. The zero-order chi connectivity index (χ0) is 22.6. The zero-order valence-electron chi connectivity index (χ0n) is 19.7. The van der Waals surface area contributed by atoms with Crippen molar-refractivity contribution in [3.63, 3.8) is 0 Å². The van der Waals surface area contributed by atoms with Gasteiger partial charge in [0.2, 0.25) is 5.95 Å². The van der Waals surface area contributed by atoms with Crippen LogP contribution in [0.5, 0.6) is 0 Å². The molecule has 3 rings (SSSR count). The van der Waals surface area contributed by atoms with E-state index in [0.29, 0.717) is 38.7 Å². The monoisotopic (exact) mass is 432 g/mol. The molecule has 10 heteroatoms. The minimum absolute atomic E-state index is 0.156. The van der Waals surface area contributed by atoms with Crippen LogP contribution in [0.1, 0.15) is 53.3 Å². The van der Waals surface area contributed by atoms with Crippen molar-refractivity contribution < 1.29 is 9.53 Å². The number of carbonyl (C=O) groups is 1. The topological polar surface area (TPSA) is 100 Å². The van der Waals surface area contributed by atoms with Gasteiger partial charge < -0.3 is 19.5 Å². The van der Waals surface area contributed by atoms with Crippen molar-refractivity contribution in [1.29, 1.82) is 0 Å². The van der Waals surface area contributed by atoms with E-state index in [1.807, 2.05) is 18.9 Å². The van der Waals surface area contributed by atoms with Gasteiger partial charge in [0.15, 0.2) is 17.0 Å². The number of aromatic nitrogens is 4. The third kappa shape index (κ3) is 5.36. The van der Waals surface area contributed by atoms with Crippen LogP contribution in [0.15, 0.2) is 0 Å². The number of ether oxygens (including phenoxy) is 1. The average molecular weight is 433 g/mol. The second-order valence-corrected chi connectivity index (χ2v) is 8.80. The number of rotatable bonds is 7. The first kappa shape index (κ1) is 23.1. The number of anilines is 2. The number of piperazine rings is 1. The Hall–Kier alpha value is -2.62. The van der Waals surface area contributed by atoms with E-state index in [0.717, 1.165) is 42.2 Å². The second kappa shape index (κ2) is 9.67. The summed E-state index contributed by atoms with van der Waals surface area (Å²) in [7, 11) is 0. The van der Waals surface area contributed by atoms with Crippen LogP contribution in [-0.4, -0.2) is 74.9 Å². The van der Waals surface area contributed by atoms with E-state index in [1.165, 1.54) is 0 Å². The summed E-state index contributed by atoms with van der Waals surface area (Å²) in [5, 5.41) is 5.48. The van der Waals surface area contributed by atoms with E-state index >= 15 is 0 Å². The summed E-state index contributed by atoms with van der Waals surface area (Å²) in [5.74, 6) is 2.19. The average Bonchev–Trinajstić information content (AvgIpc) is 3.05. The van der Waals surface area contributed by atoms with E-state index < -0.39 is 0 Å². The van der Waals surface area contributed by atoms with Gasteiger partial charge in [0.25, 0.3) is 0 Å². The molecule has 1 aliphatic rings. The van der Waals surface area contributed by atoms with Crippen LogP contribution in [0.25, 0.3) is 11.2 Å².